The summed E-state index contributed by atoms with van der Waals surface area (Å²) in [5, 5.41) is 3.90. The van der Waals surface area contributed by atoms with Gasteiger partial charge in [0.25, 0.3) is 5.91 Å². The van der Waals surface area contributed by atoms with Crippen molar-refractivity contribution in [3.8, 4) is 0 Å². The largest absolute Gasteiger partial charge is 0.377 e. The van der Waals surface area contributed by atoms with Crippen molar-refractivity contribution < 1.29 is 13.9 Å². The molecule has 0 spiro atoms. The zero-order chi connectivity index (χ0) is 18.2. The lowest BCUT2D eigenvalue weighted by atomic mass is 9.78. The van der Waals surface area contributed by atoms with Crippen LogP contribution < -0.4 is 5.32 Å². The van der Waals surface area contributed by atoms with Gasteiger partial charge in [-0.05, 0) is 48.9 Å². The maximum atomic E-state index is 13.5. The summed E-state index contributed by atoms with van der Waals surface area (Å²) in [6, 6.07) is 4.69. The van der Waals surface area contributed by atoms with Crippen molar-refractivity contribution >= 4 is 16.8 Å². The Hall–Kier alpha value is -1.88. The fourth-order valence-electron chi connectivity index (χ4n) is 3.83. The molecule has 136 valence electrons. The molecule has 2 aromatic rings. The van der Waals surface area contributed by atoms with Crippen molar-refractivity contribution in [2.45, 2.75) is 46.6 Å². The second kappa shape index (κ2) is 6.79. The number of ether oxygens (including phenoxy) is 1. The third-order valence-corrected chi connectivity index (χ3v) is 4.98. The van der Waals surface area contributed by atoms with Gasteiger partial charge in [0, 0.05) is 30.0 Å². The predicted octanol–water partition coefficient (Wildman–Crippen LogP) is 4.19. The molecule has 1 amide bonds. The molecule has 1 fully saturated rings. The number of benzene rings is 1. The first-order valence-electron chi connectivity index (χ1n) is 8.94. The quantitative estimate of drug-likeness (QED) is 0.876. The summed E-state index contributed by atoms with van der Waals surface area (Å²) in [5.41, 5.74) is 1.98. The zero-order valence-electron chi connectivity index (χ0n) is 15.4. The fourth-order valence-corrected chi connectivity index (χ4v) is 3.83. The van der Waals surface area contributed by atoms with E-state index in [0.29, 0.717) is 23.7 Å². The van der Waals surface area contributed by atoms with Crippen LogP contribution in [0.4, 0.5) is 4.39 Å². The van der Waals surface area contributed by atoms with E-state index in [2.05, 4.69) is 31.1 Å². The van der Waals surface area contributed by atoms with Gasteiger partial charge in [-0.3, -0.25) is 4.79 Å². The predicted molar refractivity (Wildman–Crippen MR) is 97.2 cm³/mol. The maximum absolute atomic E-state index is 13.5. The van der Waals surface area contributed by atoms with Crippen molar-refractivity contribution in [3.05, 3.63) is 35.3 Å². The summed E-state index contributed by atoms with van der Waals surface area (Å²) < 4.78 is 19.5. The van der Waals surface area contributed by atoms with Crippen LogP contribution in [-0.4, -0.2) is 30.1 Å². The van der Waals surface area contributed by atoms with Crippen LogP contribution in [-0.2, 0) is 4.74 Å². The van der Waals surface area contributed by atoms with Gasteiger partial charge in [0.2, 0.25) is 0 Å². The van der Waals surface area contributed by atoms with Crippen LogP contribution in [0.3, 0.4) is 0 Å². The minimum Gasteiger partial charge on any atom is -0.377 e. The molecule has 0 bridgehead atoms. The van der Waals surface area contributed by atoms with E-state index in [1.54, 1.807) is 6.07 Å². The number of nitrogens with one attached hydrogen (secondary N) is 2. The van der Waals surface area contributed by atoms with Crippen LogP contribution in [0.5, 0.6) is 0 Å². The Morgan fingerprint density at radius 2 is 2.12 bits per heavy atom. The highest BCUT2D eigenvalue weighted by atomic mass is 19.1. The molecular formula is C20H27FN2O2. The van der Waals surface area contributed by atoms with E-state index in [-0.39, 0.29) is 23.2 Å². The number of hydrogen-bond donors (Lipinski definition) is 2. The maximum Gasteiger partial charge on any atom is 0.267 e. The van der Waals surface area contributed by atoms with Crippen LogP contribution in [0.2, 0.25) is 0 Å². The van der Waals surface area contributed by atoms with Gasteiger partial charge in [0.1, 0.15) is 11.5 Å². The molecule has 0 unspecified atom stereocenters. The first-order valence-corrected chi connectivity index (χ1v) is 8.94. The number of carbonyl (C=O) groups is 1. The molecular weight excluding hydrogens is 319 g/mol. The molecule has 1 saturated heterocycles. The molecule has 0 radical (unpaired) electrons. The summed E-state index contributed by atoms with van der Waals surface area (Å²) in [6.45, 7) is 9.74. The Balaban J connectivity index is 1.71. The summed E-state index contributed by atoms with van der Waals surface area (Å²) in [4.78, 5) is 15.6. The topological polar surface area (TPSA) is 54.1 Å². The van der Waals surface area contributed by atoms with Crippen molar-refractivity contribution in [2.24, 2.45) is 11.3 Å². The van der Waals surface area contributed by atoms with Gasteiger partial charge >= 0.3 is 0 Å². The van der Waals surface area contributed by atoms with E-state index in [9.17, 15) is 9.18 Å². The monoisotopic (exact) mass is 346 g/mol. The first-order chi connectivity index (χ1) is 11.8. The van der Waals surface area contributed by atoms with Crippen LogP contribution in [0.1, 0.15) is 49.7 Å². The van der Waals surface area contributed by atoms with Crippen molar-refractivity contribution in [1.29, 1.82) is 0 Å². The first kappa shape index (κ1) is 17.9. The number of amides is 1. The van der Waals surface area contributed by atoms with Gasteiger partial charge < -0.3 is 15.0 Å². The Kier molecular flexibility index (Phi) is 4.87. The van der Waals surface area contributed by atoms with E-state index in [0.717, 1.165) is 30.4 Å². The molecule has 2 heterocycles. The number of aromatic nitrogens is 1. The molecule has 1 aliphatic rings. The lowest BCUT2D eigenvalue weighted by molar-refractivity contribution is -0.0839. The molecule has 2 N–H and O–H groups in total. The van der Waals surface area contributed by atoms with E-state index >= 15 is 0 Å². The molecule has 1 aliphatic heterocycles. The molecule has 1 aromatic heterocycles. The number of halogens is 1. The molecule has 4 nitrogen and oxygen atoms in total. The van der Waals surface area contributed by atoms with Gasteiger partial charge in [0.15, 0.2) is 0 Å². The van der Waals surface area contributed by atoms with Crippen molar-refractivity contribution in [1.82, 2.24) is 10.3 Å². The Morgan fingerprint density at radius 3 is 2.84 bits per heavy atom. The smallest absolute Gasteiger partial charge is 0.267 e. The van der Waals surface area contributed by atoms with Crippen LogP contribution in [0.25, 0.3) is 10.9 Å². The van der Waals surface area contributed by atoms with Crippen LogP contribution in [0.15, 0.2) is 18.2 Å². The number of hydrogen-bond acceptors (Lipinski definition) is 2. The lowest BCUT2D eigenvalue weighted by Crippen LogP contribution is -2.45. The Labute approximate surface area is 148 Å². The molecule has 5 heteroatoms. The number of aryl methyl sites for hydroxylation is 1. The minimum absolute atomic E-state index is 0.0472. The molecule has 0 aliphatic carbocycles. The summed E-state index contributed by atoms with van der Waals surface area (Å²) in [5.74, 6) is -0.151. The average molecular weight is 346 g/mol. The minimum atomic E-state index is -0.300. The van der Waals surface area contributed by atoms with Gasteiger partial charge in [-0.15, -0.1) is 0 Å². The van der Waals surface area contributed by atoms with E-state index < -0.39 is 0 Å². The molecule has 1 aromatic carbocycles. The van der Waals surface area contributed by atoms with Gasteiger partial charge in [-0.2, -0.15) is 0 Å². The molecule has 3 rings (SSSR count). The standard InChI is InChI=1S/C20H27FN2O2/c1-12-8-14(21)9-16-15(12)10-17(23-16)19(24)22-11-13-6-5-7-25-18(13)20(2,3)4/h8-10,13,18,23H,5-7,11H2,1-4H3,(H,22,24)/t13-,18-/m1/s1. The molecule has 0 saturated carbocycles. The van der Waals surface area contributed by atoms with Crippen LogP contribution in [0, 0.1) is 24.1 Å². The fraction of sp³-hybridized carbons (Fsp3) is 0.550. The van der Waals surface area contributed by atoms with E-state index in [4.69, 9.17) is 4.74 Å². The Morgan fingerprint density at radius 1 is 1.36 bits per heavy atom. The SMILES string of the molecule is Cc1cc(F)cc2[nH]c(C(=O)NC[C@H]3CCCO[C@H]3C(C)(C)C)cc12. The molecule has 2 atom stereocenters. The normalized spacial score (nSPS) is 21.5. The highest BCUT2D eigenvalue weighted by molar-refractivity contribution is 5.98. The number of carbonyl (C=O) groups excluding carboxylic acids is 1. The second-order valence-electron chi connectivity index (χ2n) is 8.14. The summed E-state index contributed by atoms with van der Waals surface area (Å²) in [7, 11) is 0. The van der Waals surface area contributed by atoms with Gasteiger partial charge in [-0.25, -0.2) is 4.39 Å². The number of fused-ring (bicyclic) bond motifs is 1. The van der Waals surface area contributed by atoms with Gasteiger partial charge in [-0.1, -0.05) is 20.8 Å². The van der Waals surface area contributed by atoms with Crippen LogP contribution >= 0.6 is 0 Å². The van der Waals surface area contributed by atoms with E-state index in [1.807, 2.05) is 6.92 Å². The highest BCUT2D eigenvalue weighted by Gasteiger charge is 2.35. The number of H-pyrrole nitrogens is 1. The van der Waals surface area contributed by atoms with Gasteiger partial charge in [0.05, 0.1) is 6.10 Å². The number of rotatable bonds is 3. The second-order valence-corrected chi connectivity index (χ2v) is 8.14. The lowest BCUT2D eigenvalue weighted by Gasteiger charge is -2.40. The Bertz CT molecular complexity index is 776. The zero-order valence-corrected chi connectivity index (χ0v) is 15.4. The highest BCUT2D eigenvalue weighted by Crippen LogP contribution is 2.33. The number of aromatic amines is 1. The third-order valence-electron chi connectivity index (χ3n) is 4.98. The third kappa shape index (κ3) is 3.87. The summed E-state index contributed by atoms with van der Waals surface area (Å²) in [6.07, 6.45) is 2.22. The summed E-state index contributed by atoms with van der Waals surface area (Å²) >= 11 is 0. The average Bonchev–Trinajstić information content (AvgIpc) is 2.96. The molecule has 25 heavy (non-hydrogen) atoms. The van der Waals surface area contributed by atoms with Crippen molar-refractivity contribution in [3.63, 3.8) is 0 Å². The van der Waals surface area contributed by atoms with Crippen molar-refractivity contribution in [2.75, 3.05) is 13.2 Å². The van der Waals surface area contributed by atoms with E-state index in [1.165, 1.54) is 12.1 Å².